The van der Waals surface area contributed by atoms with E-state index in [-0.39, 0.29) is 0 Å². The number of nitrogens with two attached hydrogens (primary N) is 1. The van der Waals surface area contributed by atoms with Crippen molar-refractivity contribution in [1.82, 2.24) is 0 Å². The van der Waals surface area contributed by atoms with Crippen LogP contribution in [0.2, 0.25) is 0 Å². The minimum Gasteiger partial charge on any atom is -0.398 e. The monoisotopic (exact) mass is 266 g/mol. The van der Waals surface area contributed by atoms with Gasteiger partial charge in [-0.1, -0.05) is 15.9 Å². The normalized spacial score (nSPS) is 10.3. The Bertz CT molecular complexity index is 525. The zero-order valence-electron chi connectivity index (χ0n) is 7.25. The van der Waals surface area contributed by atoms with Crippen LogP contribution < -0.4 is 5.73 Å². The summed E-state index contributed by atoms with van der Waals surface area (Å²) in [5.74, 6) is 0. The number of benzene rings is 1. The van der Waals surface area contributed by atoms with Crippen molar-refractivity contribution in [2.75, 3.05) is 5.73 Å². The number of fused-ring (bicyclic) bond motifs is 1. The van der Waals surface area contributed by atoms with E-state index in [2.05, 4.69) is 28.1 Å². The first kappa shape index (κ1) is 9.50. The smallest absolute Gasteiger partial charge is 0.101 e. The summed E-state index contributed by atoms with van der Waals surface area (Å²) in [5, 5.41) is 10.8. The summed E-state index contributed by atoms with van der Waals surface area (Å²) in [7, 11) is 0. The van der Waals surface area contributed by atoms with Crippen LogP contribution in [-0.2, 0) is 5.33 Å². The Morgan fingerprint density at radius 1 is 1.43 bits per heavy atom. The van der Waals surface area contributed by atoms with Crippen LogP contribution in [0.3, 0.4) is 0 Å². The van der Waals surface area contributed by atoms with Gasteiger partial charge >= 0.3 is 0 Å². The first-order valence-corrected chi connectivity index (χ1v) is 5.96. The van der Waals surface area contributed by atoms with Crippen molar-refractivity contribution in [1.29, 1.82) is 5.26 Å². The molecule has 2 N–H and O–H groups in total. The van der Waals surface area contributed by atoms with Gasteiger partial charge < -0.3 is 5.73 Å². The van der Waals surface area contributed by atoms with Gasteiger partial charge in [0.15, 0.2) is 0 Å². The van der Waals surface area contributed by atoms with E-state index in [1.807, 2.05) is 12.1 Å². The molecule has 1 aromatic heterocycles. The van der Waals surface area contributed by atoms with Crippen LogP contribution in [0.15, 0.2) is 18.2 Å². The van der Waals surface area contributed by atoms with Crippen LogP contribution in [0.1, 0.15) is 10.4 Å². The van der Waals surface area contributed by atoms with Crippen LogP contribution in [0.5, 0.6) is 0 Å². The number of hydrogen-bond acceptors (Lipinski definition) is 3. The summed E-state index contributed by atoms with van der Waals surface area (Å²) in [6.07, 6.45) is 0. The van der Waals surface area contributed by atoms with Gasteiger partial charge in [0.25, 0.3) is 0 Å². The van der Waals surface area contributed by atoms with Crippen LogP contribution in [0, 0.1) is 11.3 Å². The second kappa shape index (κ2) is 3.60. The molecule has 0 saturated heterocycles. The first-order chi connectivity index (χ1) is 6.74. The lowest BCUT2D eigenvalue weighted by molar-refractivity contribution is 1.50. The largest absolute Gasteiger partial charge is 0.398 e. The second-order valence-electron chi connectivity index (χ2n) is 2.94. The molecule has 1 heterocycles. The Balaban J connectivity index is 2.71. The van der Waals surface area contributed by atoms with E-state index in [4.69, 9.17) is 11.0 Å². The topological polar surface area (TPSA) is 49.8 Å². The lowest BCUT2D eigenvalue weighted by Gasteiger charge is -1.95. The maximum absolute atomic E-state index is 8.81. The van der Waals surface area contributed by atoms with E-state index >= 15 is 0 Å². The molecule has 0 atom stereocenters. The van der Waals surface area contributed by atoms with Crippen molar-refractivity contribution in [2.24, 2.45) is 0 Å². The van der Waals surface area contributed by atoms with Gasteiger partial charge in [0.05, 0.1) is 11.3 Å². The maximum atomic E-state index is 8.81. The summed E-state index contributed by atoms with van der Waals surface area (Å²) in [6.45, 7) is 0. The van der Waals surface area contributed by atoms with Gasteiger partial charge in [0, 0.05) is 14.9 Å². The number of halogens is 1. The number of nitrogens with zero attached hydrogens (tertiary/aromatic N) is 1. The van der Waals surface area contributed by atoms with Crippen molar-refractivity contribution in [3.8, 4) is 6.07 Å². The number of anilines is 1. The maximum Gasteiger partial charge on any atom is 0.101 e. The molecule has 0 aliphatic rings. The Hall–Kier alpha value is -1.05. The molecule has 0 aliphatic carbocycles. The highest BCUT2D eigenvalue weighted by atomic mass is 79.9. The Morgan fingerprint density at radius 3 is 2.86 bits per heavy atom. The van der Waals surface area contributed by atoms with Crippen LogP contribution >= 0.6 is 27.3 Å². The van der Waals surface area contributed by atoms with Gasteiger partial charge in [-0.2, -0.15) is 5.26 Å². The van der Waals surface area contributed by atoms with Gasteiger partial charge in [-0.3, -0.25) is 0 Å². The molecule has 2 aromatic rings. The molecule has 0 spiro atoms. The standard InChI is InChI=1S/C10H7BrN2S/c11-4-8-1-6-2-9(13)7(5-12)3-10(6)14-8/h1-3H,4,13H2. The Labute approximate surface area is 94.1 Å². The number of alkyl halides is 1. The lowest BCUT2D eigenvalue weighted by Crippen LogP contribution is -1.88. The minimum atomic E-state index is 0.555. The van der Waals surface area contributed by atoms with Gasteiger partial charge in [-0.05, 0) is 23.6 Å². The molecular weight excluding hydrogens is 260 g/mol. The predicted molar refractivity (Wildman–Crippen MR) is 63.6 cm³/mol. The SMILES string of the molecule is N#Cc1cc2sc(CBr)cc2cc1N. The van der Waals surface area contributed by atoms with Gasteiger partial charge in [-0.25, -0.2) is 0 Å². The molecule has 1 aromatic carbocycles. The summed E-state index contributed by atoms with van der Waals surface area (Å²) >= 11 is 5.09. The fourth-order valence-electron chi connectivity index (χ4n) is 1.32. The van der Waals surface area contributed by atoms with Crippen molar-refractivity contribution in [2.45, 2.75) is 5.33 Å². The molecule has 0 fully saturated rings. The average molecular weight is 267 g/mol. The fraction of sp³-hybridized carbons (Fsp3) is 0.100. The molecule has 14 heavy (non-hydrogen) atoms. The van der Waals surface area contributed by atoms with Crippen molar-refractivity contribution in [3.05, 3.63) is 28.6 Å². The molecule has 70 valence electrons. The van der Waals surface area contributed by atoms with Crippen LogP contribution in [0.4, 0.5) is 5.69 Å². The third kappa shape index (κ3) is 1.49. The van der Waals surface area contributed by atoms with Crippen LogP contribution in [0.25, 0.3) is 10.1 Å². The Morgan fingerprint density at radius 2 is 2.21 bits per heavy atom. The highest BCUT2D eigenvalue weighted by Gasteiger charge is 2.05. The first-order valence-electron chi connectivity index (χ1n) is 4.02. The summed E-state index contributed by atoms with van der Waals surface area (Å²) in [5.41, 5.74) is 6.83. The number of nitriles is 1. The zero-order chi connectivity index (χ0) is 10.1. The number of nitrogen functional groups attached to an aromatic ring is 1. The van der Waals surface area contributed by atoms with Gasteiger partial charge in [0.1, 0.15) is 6.07 Å². The van der Waals surface area contributed by atoms with E-state index < -0.39 is 0 Å². The summed E-state index contributed by atoms with van der Waals surface area (Å²) in [4.78, 5) is 1.24. The van der Waals surface area contributed by atoms with E-state index in [1.165, 1.54) is 4.88 Å². The molecule has 0 amide bonds. The van der Waals surface area contributed by atoms with Crippen LogP contribution in [-0.4, -0.2) is 0 Å². The zero-order valence-corrected chi connectivity index (χ0v) is 9.65. The molecule has 0 unspecified atom stereocenters. The van der Waals surface area contributed by atoms with Gasteiger partial charge in [0.2, 0.25) is 0 Å². The molecule has 0 aliphatic heterocycles. The van der Waals surface area contributed by atoms with Crippen molar-refractivity contribution < 1.29 is 0 Å². The molecule has 2 rings (SSSR count). The van der Waals surface area contributed by atoms with E-state index in [9.17, 15) is 0 Å². The van der Waals surface area contributed by atoms with Crippen molar-refractivity contribution in [3.63, 3.8) is 0 Å². The minimum absolute atomic E-state index is 0.555. The highest BCUT2D eigenvalue weighted by molar-refractivity contribution is 9.08. The summed E-state index contributed by atoms with van der Waals surface area (Å²) < 4.78 is 1.12. The van der Waals surface area contributed by atoms with E-state index in [0.29, 0.717) is 11.3 Å². The average Bonchev–Trinajstić information content (AvgIpc) is 2.58. The molecule has 4 heteroatoms. The number of hydrogen-bond donors (Lipinski definition) is 1. The lowest BCUT2D eigenvalue weighted by atomic mass is 10.1. The van der Waals surface area contributed by atoms with Crippen molar-refractivity contribution >= 4 is 43.0 Å². The van der Waals surface area contributed by atoms with Gasteiger partial charge in [-0.15, -0.1) is 11.3 Å². The number of thiophene rings is 1. The molecule has 2 nitrogen and oxygen atoms in total. The molecular formula is C10H7BrN2S. The fourth-order valence-corrected chi connectivity index (χ4v) is 2.76. The highest BCUT2D eigenvalue weighted by Crippen LogP contribution is 2.30. The Kier molecular flexibility index (Phi) is 2.44. The summed E-state index contributed by atoms with van der Waals surface area (Å²) in [6, 6.07) is 7.88. The predicted octanol–water partition coefficient (Wildman–Crippen LogP) is 3.25. The third-order valence-corrected chi connectivity index (χ3v) is 4.06. The second-order valence-corrected chi connectivity index (χ2v) is 4.66. The molecule has 0 radical (unpaired) electrons. The van der Waals surface area contributed by atoms with E-state index in [0.717, 1.165) is 15.4 Å². The van der Waals surface area contributed by atoms with E-state index in [1.54, 1.807) is 11.3 Å². The quantitative estimate of drug-likeness (QED) is 0.637. The molecule has 0 saturated carbocycles. The third-order valence-electron chi connectivity index (χ3n) is 1.99. The number of rotatable bonds is 1. The molecule has 0 bridgehead atoms.